The molecule has 0 spiro atoms. The Bertz CT molecular complexity index is 1260. The quantitative estimate of drug-likeness (QED) is 0.396. The molecule has 7 nitrogen and oxygen atoms in total. The molecule has 1 atom stereocenters. The van der Waals surface area contributed by atoms with Crippen LogP contribution in [-0.4, -0.2) is 48.0 Å². The van der Waals surface area contributed by atoms with Crippen molar-refractivity contribution in [1.29, 1.82) is 0 Å². The number of carbonyl (C=O) groups excluding carboxylic acids is 1. The van der Waals surface area contributed by atoms with Crippen molar-refractivity contribution in [2.75, 3.05) is 13.2 Å². The number of amides is 1. The number of allylic oxidation sites excluding steroid dienone is 1. The van der Waals surface area contributed by atoms with Gasteiger partial charge in [0.2, 0.25) is 15.0 Å². The molecule has 0 saturated carbocycles. The predicted molar refractivity (Wildman–Crippen MR) is 135 cm³/mol. The molecule has 0 N–H and O–H groups in total. The van der Waals surface area contributed by atoms with Gasteiger partial charge in [0.05, 0.1) is 30.3 Å². The van der Waals surface area contributed by atoms with Crippen LogP contribution < -0.4 is 0 Å². The van der Waals surface area contributed by atoms with E-state index in [0.29, 0.717) is 30.0 Å². The van der Waals surface area contributed by atoms with Crippen LogP contribution in [0.1, 0.15) is 40.0 Å². The molecule has 1 aromatic heterocycles. The van der Waals surface area contributed by atoms with Gasteiger partial charge in [0, 0.05) is 25.3 Å². The van der Waals surface area contributed by atoms with E-state index in [1.54, 1.807) is 33.9 Å². The second-order valence-electron chi connectivity index (χ2n) is 8.86. The molecule has 0 radical (unpaired) electrons. The predicted octanol–water partition coefficient (Wildman–Crippen LogP) is 4.17. The first-order valence-corrected chi connectivity index (χ1v) is 13.4. The number of imidazole rings is 1. The van der Waals surface area contributed by atoms with E-state index in [4.69, 9.17) is 4.74 Å². The molecule has 0 aliphatic carbocycles. The summed E-state index contributed by atoms with van der Waals surface area (Å²) in [5.74, 6) is -0.274. The average molecular weight is 494 g/mol. The van der Waals surface area contributed by atoms with Gasteiger partial charge in [-0.2, -0.15) is 0 Å². The number of carbonyl (C=O) groups is 1. The van der Waals surface area contributed by atoms with Crippen molar-refractivity contribution in [1.82, 2.24) is 14.5 Å². The highest BCUT2D eigenvalue weighted by Crippen LogP contribution is 2.21. The Kier molecular flexibility index (Phi) is 7.83. The van der Waals surface area contributed by atoms with Gasteiger partial charge in [-0.15, -0.1) is 6.58 Å². The van der Waals surface area contributed by atoms with Crippen molar-refractivity contribution in [3.63, 3.8) is 0 Å². The maximum atomic E-state index is 13.5. The zero-order valence-corrected chi connectivity index (χ0v) is 20.8. The summed E-state index contributed by atoms with van der Waals surface area (Å²) in [5.41, 5.74) is 2.98. The van der Waals surface area contributed by atoms with E-state index < -0.39 is 9.84 Å². The Balaban J connectivity index is 1.64. The molecule has 2 aromatic carbocycles. The molecule has 4 rings (SSSR count). The second-order valence-corrected chi connectivity index (χ2v) is 10.7. The Morgan fingerprint density at radius 2 is 1.94 bits per heavy atom. The van der Waals surface area contributed by atoms with Gasteiger partial charge in [-0.3, -0.25) is 4.79 Å². The minimum atomic E-state index is -3.70. The van der Waals surface area contributed by atoms with Gasteiger partial charge in [0.15, 0.2) is 0 Å². The minimum Gasteiger partial charge on any atom is -0.376 e. The van der Waals surface area contributed by atoms with Gasteiger partial charge in [-0.05, 0) is 37.5 Å². The standard InChI is InChI=1S/C27H31N3O4S/c1-3-15-30-24(17-28-27(30)35(32,33)20-22-8-5-4-6-9-22)18-29(19-25-10-7-16-34-25)26(31)23-13-11-21(2)12-14-23/h3-6,8-9,11-14,17,25H,1,7,10,15-16,18-20H2,2H3. The van der Waals surface area contributed by atoms with Crippen molar-refractivity contribution in [2.24, 2.45) is 0 Å². The Hall–Kier alpha value is -3.23. The monoisotopic (exact) mass is 493 g/mol. The molecule has 2 heterocycles. The second kappa shape index (κ2) is 11.0. The number of benzene rings is 2. The first kappa shape index (κ1) is 24.9. The maximum absolute atomic E-state index is 13.5. The highest BCUT2D eigenvalue weighted by molar-refractivity contribution is 7.90. The number of nitrogens with zero attached hydrogens (tertiary/aromatic N) is 3. The van der Waals surface area contributed by atoms with E-state index in [2.05, 4.69) is 11.6 Å². The molecule has 1 fully saturated rings. The van der Waals surface area contributed by atoms with E-state index >= 15 is 0 Å². The van der Waals surface area contributed by atoms with Crippen LogP contribution in [0.25, 0.3) is 0 Å². The third kappa shape index (κ3) is 6.07. The number of rotatable bonds is 10. The summed E-state index contributed by atoms with van der Waals surface area (Å²) in [4.78, 5) is 19.5. The van der Waals surface area contributed by atoms with E-state index in [1.807, 2.05) is 49.4 Å². The van der Waals surface area contributed by atoms with Crippen LogP contribution in [0.5, 0.6) is 0 Å². The number of ether oxygens (including phenoxy) is 1. The van der Waals surface area contributed by atoms with Gasteiger partial charge in [-0.1, -0.05) is 54.1 Å². The van der Waals surface area contributed by atoms with Crippen molar-refractivity contribution in [3.05, 3.63) is 95.8 Å². The molecular weight excluding hydrogens is 462 g/mol. The molecule has 1 aliphatic heterocycles. The van der Waals surface area contributed by atoms with Gasteiger partial charge in [0.25, 0.3) is 5.91 Å². The molecule has 8 heteroatoms. The lowest BCUT2D eigenvalue weighted by Gasteiger charge is -2.26. The summed E-state index contributed by atoms with van der Waals surface area (Å²) >= 11 is 0. The highest BCUT2D eigenvalue weighted by Gasteiger charge is 2.28. The Labute approximate surface area is 207 Å². The lowest BCUT2D eigenvalue weighted by Crippen LogP contribution is -2.37. The van der Waals surface area contributed by atoms with Crippen molar-refractivity contribution < 1.29 is 17.9 Å². The van der Waals surface area contributed by atoms with Crippen LogP contribution in [0.3, 0.4) is 0 Å². The third-order valence-electron chi connectivity index (χ3n) is 6.08. The SMILES string of the molecule is C=CCn1c(CN(CC2CCCO2)C(=O)c2ccc(C)cc2)cnc1S(=O)(=O)Cc1ccccc1. The number of sulfone groups is 1. The molecule has 184 valence electrons. The fourth-order valence-corrected chi connectivity index (χ4v) is 5.78. The summed E-state index contributed by atoms with van der Waals surface area (Å²) in [5, 5.41) is -0.0175. The smallest absolute Gasteiger partial charge is 0.254 e. The molecule has 3 aromatic rings. The normalized spacial score (nSPS) is 15.7. The lowest BCUT2D eigenvalue weighted by molar-refractivity contribution is 0.0502. The molecule has 1 saturated heterocycles. The van der Waals surface area contributed by atoms with Gasteiger partial charge >= 0.3 is 0 Å². The van der Waals surface area contributed by atoms with Crippen molar-refractivity contribution in [3.8, 4) is 0 Å². The summed E-state index contributed by atoms with van der Waals surface area (Å²) < 4.78 is 33.9. The zero-order valence-electron chi connectivity index (χ0n) is 20.0. The lowest BCUT2D eigenvalue weighted by atomic mass is 10.1. The Morgan fingerprint density at radius 1 is 1.20 bits per heavy atom. The summed E-state index contributed by atoms with van der Waals surface area (Å²) in [6.45, 7) is 7.37. The molecule has 1 unspecified atom stereocenters. The fourth-order valence-electron chi connectivity index (χ4n) is 4.28. The number of aromatic nitrogens is 2. The molecular formula is C27H31N3O4S. The summed E-state index contributed by atoms with van der Waals surface area (Å²) in [6.07, 6.45) is 5.00. The topological polar surface area (TPSA) is 81.5 Å². The molecule has 35 heavy (non-hydrogen) atoms. The first-order chi connectivity index (χ1) is 16.9. The number of hydrogen-bond acceptors (Lipinski definition) is 5. The Morgan fingerprint density at radius 3 is 2.60 bits per heavy atom. The van der Waals surface area contributed by atoms with Gasteiger partial charge in [-0.25, -0.2) is 13.4 Å². The van der Waals surface area contributed by atoms with Crippen LogP contribution in [0.2, 0.25) is 0 Å². The molecule has 1 aliphatic rings. The van der Waals surface area contributed by atoms with Crippen LogP contribution >= 0.6 is 0 Å². The largest absolute Gasteiger partial charge is 0.376 e. The molecule has 1 amide bonds. The van der Waals surface area contributed by atoms with Gasteiger partial charge in [0.1, 0.15) is 0 Å². The van der Waals surface area contributed by atoms with E-state index in [9.17, 15) is 13.2 Å². The van der Waals surface area contributed by atoms with Crippen molar-refractivity contribution >= 4 is 15.7 Å². The average Bonchev–Trinajstić information content (AvgIpc) is 3.50. The van der Waals surface area contributed by atoms with E-state index in [-0.39, 0.29) is 36.0 Å². The van der Waals surface area contributed by atoms with Crippen LogP contribution in [0.15, 0.2) is 78.6 Å². The van der Waals surface area contributed by atoms with Crippen molar-refractivity contribution in [2.45, 2.75) is 49.9 Å². The fraction of sp³-hybridized carbons (Fsp3) is 0.333. The van der Waals surface area contributed by atoms with Crippen LogP contribution in [0, 0.1) is 6.92 Å². The number of hydrogen-bond donors (Lipinski definition) is 0. The summed E-state index contributed by atoms with van der Waals surface area (Å²) in [7, 11) is -3.70. The number of aryl methyl sites for hydroxylation is 1. The van der Waals surface area contributed by atoms with E-state index in [0.717, 1.165) is 18.4 Å². The first-order valence-electron chi connectivity index (χ1n) is 11.8. The van der Waals surface area contributed by atoms with Crippen LogP contribution in [0.4, 0.5) is 0 Å². The highest BCUT2D eigenvalue weighted by atomic mass is 32.2. The third-order valence-corrected chi connectivity index (χ3v) is 7.67. The minimum absolute atomic E-state index is 0.0175. The van der Waals surface area contributed by atoms with Crippen LogP contribution in [-0.2, 0) is 33.4 Å². The van der Waals surface area contributed by atoms with Gasteiger partial charge < -0.3 is 14.2 Å². The maximum Gasteiger partial charge on any atom is 0.254 e. The van der Waals surface area contributed by atoms with E-state index in [1.165, 1.54) is 0 Å². The zero-order chi connectivity index (χ0) is 24.8. The molecule has 0 bridgehead atoms. The summed E-state index contributed by atoms with van der Waals surface area (Å²) in [6, 6.07) is 16.5.